The summed E-state index contributed by atoms with van der Waals surface area (Å²) in [5.74, 6) is 1.60. The average Bonchev–Trinajstić information content (AvgIpc) is 3.05. The number of aryl methyl sites for hydroxylation is 1. The van der Waals surface area contributed by atoms with Crippen LogP contribution in [0.4, 0.5) is 0 Å². The first-order valence-corrected chi connectivity index (χ1v) is 8.10. The Morgan fingerprint density at radius 1 is 0.800 bits per heavy atom. The van der Waals surface area contributed by atoms with Crippen molar-refractivity contribution in [3.05, 3.63) is 84.8 Å². The largest absolute Gasteiger partial charge is 0.457 e. The topological polar surface area (TPSA) is 50.8 Å². The molecule has 1 N–H and O–H groups in total. The van der Waals surface area contributed by atoms with Crippen LogP contribution in [0.25, 0.3) is 22.4 Å². The molecule has 122 valence electrons. The van der Waals surface area contributed by atoms with E-state index in [1.807, 2.05) is 67.6 Å². The Hall–Kier alpha value is -3.40. The van der Waals surface area contributed by atoms with Gasteiger partial charge in [0.2, 0.25) is 0 Å². The molecule has 4 aromatic rings. The highest BCUT2D eigenvalue weighted by atomic mass is 16.5. The lowest BCUT2D eigenvalue weighted by atomic mass is 10.00. The van der Waals surface area contributed by atoms with Gasteiger partial charge in [0.25, 0.3) is 0 Å². The van der Waals surface area contributed by atoms with Crippen LogP contribution in [0.2, 0.25) is 0 Å². The van der Waals surface area contributed by atoms with Crippen LogP contribution >= 0.6 is 0 Å². The van der Waals surface area contributed by atoms with Gasteiger partial charge in [0.05, 0.1) is 11.4 Å². The number of hydrogen-bond donors (Lipinski definition) is 1. The molecule has 0 aliphatic carbocycles. The maximum Gasteiger partial charge on any atom is 0.128 e. The number of ether oxygens (including phenoxy) is 1. The SMILES string of the molecule is Cc1n[nH]c(-c2cccc(Oc3ccccc3)c2)c1-c1ccncc1. The van der Waals surface area contributed by atoms with Crippen LogP contribution in [0.5, 0.6) is 11.5 Å². The molecule has 0 aliphatic rings. The maximum absolute atomic E-state index is 5.95. The Labute approximate surface area is 146 Å². The van der Waals surface area contributed by atoms with Crippen molar-refractivity contribution in [2.45, 2.75) is 6.92 Å². The zero-order valence-electron chi connectivity index (χ0n) is 13.8. The molecule has 2 heterocycles. The lowest BCUT2D eigenvalue weighted by molar-refractivity contribution is 0.483. The fraction of sp³-hybridized carbons (Fsp3) is 0.0476. The minimum absolute atomic E-state index is 0.789. The molecule has 4 nitrogen and oxygen atoms in total. The van der Waals surface area contributed by atoms with Crippen molar-refractivity contribution in [3.8, 4) is 33.9 Å². The van der Waals surface area contributed by atoms with E-state index in [4.69, 9.17) is 4.74 Å². The van der Waals surface area contributed by atoms with E-state index in [2.05, 4.69) is 21.2 Å². The van der Waals surface area contributed by atoms with Gasteiger partial charge in [-0.1, -0.05) is 30.3 Å². The lowest BCUT2D eigenvalue weighted by Crippen LogP contribution is -1.87. The fourth-order valence-corrected chi connectivity index (χ4v) is 2.85. The van der Waals surface area contributed by atoms with Gasteiger partial charge in [-0.15, -0.1) is 0 Å². The standard InChI is InChI=1S/C21H17N3O/c1-15-20(16-10-12-22-13-11-16)21(24-23-15)17-6-5-9-19(14-17)25-18-7-3-2-4-8-18/h2-14H,1H3,(H,23,24). The summed E-state index contributed by atoms with van der Waals surface area (Å²) in [5, 5.41) is 7.55. The number of aromatic nitrogens is 3. The molecule has 0 atom stereocenters. The molecule has 0 unspecified atom stereocenters. The van der Waals surface area contributed by atoms with Gasteiger partial charge in [0, 0.05) is 23.5 Å². The van der Waals surface area contributed by atoms with Crippen molar-refractivity contribution in [1.82, 2.24) is 15.2 Å². The van der Waals surface area contributed by atoms with E-state index < -0.39 is 0 Å². The van der Waals surface area contributed by atoms with Crippen molar-refractivity contribution in [2.75, 3.05) is 0 Å². The van der Waals surface area contributed by atoms with E-state index in [0.717, 1.165) is 39.6 Å². The Bertz CT molecular complexity index is 978. The molecule has 4 heteroatoms. The van der Waals surface area contributed by atoms with Crippen molar-refractivity contribution >= 4 is 0 Å². The summed E-state index contributed by atoms with van der Waals surface area (Å²) in [7, 11) is 0. The second-order valence-electron chi connectivity index (χ2n) is 5.74. The van der Waals surface area contributed by atoms with Crippen molar-refractivity contribution in [1.29, 1.82) is 0 Å². The Kier molecular flexibility index (Phi) is 4.01. The molecule has 4 rings (SSSR count). The number of H-pyrrole nitrogens is 1. The summed E-state index contributed by atoms with van der Waals surface area (Å²) in [6.07, 6.45) is 3.58. The van der Waals surface area contributed by atoms with E-state index in [9.17, 15) is 0 Å². The number of para-hydroxylation sites is 1. The molecule has 0 spiro atoms. The summed E-state index contributed by atoms with van der Waals surface area (Å²) in [6.45, 7) is 2.00. The van der Waals surface area contributed by atoms with Gasteiger partial charge in [-0.25, -0.2) is 0 Å². The number of nitrogens with zero attached hydrogens (tertiary/aromatic N) is 2. The molecule has 0 radical (unpaired) electrons. The number of nitrogens with one attached hydrogen (secondary N) is 1. The third kappa shape index (κ3) is 3.15. The minimum atomic E-state index is 0.789. The van der Waals surface area contributed by atoms with Gasteiger partial charge in [-0.3, -0.25) is 10.1 Å². The van der Waals surface area contributed by atoms with Gasteiger partial charge in [0.1, 0.15) is 11.5 Å². The monoisotopic (exact) mass is 327 g/mol. The van der Waals surface area contributed by atoms with Crippen LogP contribution in [0, 0.1) is 6.92 Å². The molecule has 2 aromatic heterocycles. The molecular formula is C21H17N3O. The summed E-state index contributed by atoms with van der Waals surface area (Å²) < 4.78 is 5.95. The second-order valence-corrected chi connectivity index (χ2v) is 5.74. The first-order chi connectivity index (χ1) is 12.3. The number of aromatic amines is 1. The number of hydrogen-bond acceptors (Lipinski definition) is 3. The number of benzene rings is 2. The summed E-state index contributed by atoms with van der Waals surface area (Å²) in [6, 6.07) is 21.8. The minimum Gasteiger partial charge on any atom is -0.457 e. The highest BCUT2D eigenvalue weighted by Crippen LogP contribution is 2.34. The lowest BCUT2D eigenvalue weighted by Gasteiger charge is -2.09. The van der Waals surface area contributed by atoms with E-state index in [-0.39, 0.29) is 0 Å². The molecule has 25 heavy (non-hydrogen) atoms. The van der Waals surface area contributed by atoms with E-state index in [1.165, 1.54) is 0 Å². The van der Waals surface area contributed by atoms with Crippen molar-refractivity contribution < 1.29 is 4.74 Å². The molecule has 0 bridgehead atoms. The Morgan fingerprint density at radius 2 is 1.56 bits per heavy atom. The van der Waals surface area contributed by atoms with E-state index in [1.54, 1.807) is 12.4 Å². The van der Waals surface area contributed by atoms with E-state index >= 15 is 0 Å². The van der Waals surface area contributed by atoms with Crippen LogP contribution in [0.1, 0.15) is 5.69 Å². The average molecular weight is 327 g/mol. The van der Waals surface area contributed by atoms with E-state index in [0.29, 0.717) is 0 Å². The summed E-state index contributed by atoms with van der Waals surface area (Å²) in [4.78, 5) is 4.10. The van der Waals surface area contributed by atoms with Gasteiger partial charge >= 0.3 is 0 Å². The smallest absolute Gasteiger partial charge is 0.128 e. The van der Waals surface area contributed by atoms with Crippen LogP contribution in [-0.2, 0) is 0 Å². The van der Waals surface area contributed by atoms with Gasteiger partial charge in [-0.05, 0) is 48.9 Å². The number of rotatable bonds is 4. The first kappa shape index (κ1) is 15.1. The third-order valence-corrected chi connectivity index (χ3v) is 4.02. The van der Waals surface area contributed by atoms with Crippen LogP contribution < -0.4 is 4.74 Å². The molecule has 0 saturated heterocycles. The summed E-state index contributed by atoms with van der Waals surface area (Å²) >= 11 is 0. The van der Waals surface area contributed by atoms with Gasteiger partial charge in [0.15, 0.2) is 0 Å². The predicted octanol–water partition coefficient (Wildman–Crippen LogP) is 5.24. The normalized spacial score (nSPS) is 10.6. The Morgan fingerprint density at radius 3 is 2.36 bits per heavy atom. The van der Waals surface area contributed by atoms with Gasteiger partial charge < -0.3 is 4.74 Å². The van der Waals surface area contributed by atoms with Crippen LogP contribution in [0.15, 0.2) is 79.1 Å². The molecular weight excluding hydrogens is 310 g/mol. The highest BCUT2D eigenvalue weighted by Gasteiger charge is 2.14. The molecule has 2 aromatic carbocycles. The van der Waals surface area contributed by atoms with Gasteiger partial charge in [-0.2, -0.15) is 5.10 Å². The molecule has 0 fully saturated rings. The fourth-order valence-electron chi connectivity index (χ4n) is 2.85. The van der Waals surface area contributed by atoms with Crippen LogP contribution in [0.3, 0.4) is 0 Å². The van der Waals surface area contributed by atoms with Crippen LogP contribution in [-0.4, -0.2) is 15.2 Å². The zero-order chi connectivity index (χ0) is 17.1. The Balaban J connectivity index is 1.73. The zero-order valence-corrected chi connectivity index (χ0v) is 13.8. The maximum atomic E-state index is 5.95. The summed E-state index contributed by atoms with van der Waals surface area (Å²) in [5.41, 5.74) is 5.13. The first-order valence-electron chi connectivity index (χ1n) is 8.10. The quantitative estimate of drug-likeness (QED) is 0.557. The van der Waals surface area contributed by atoms with Crippen molar-refractivity contribution in [2.24, 2.45) is 0 Å². The second kappa shape index (κ2) is 6.61. The number of pyridine rings is 1. The molecule has 0 saturated carbocycles. The highest BCUT2D eigenvalue weighted by molar-refractivity contribution is 5.82. The van der Waals surface area contributed by atoms with Crippen molar-refractivity contribution in [3.63, 3.8) is 0 Å². The molecule has 0 amide bonds. The predicted molar refractivity (Wildman–Crippen MR) is 98.5 cm³/mol. The third-order valence-electron chi connectivity index (χ3n) is 4.02. The molecule has 0 aliphatic heterocycles.